The second-order valence-corrected chi connectivity index (χ2v) is 7.32. The van der Waals surface area contributed by atoms with E-state index in [4.69, 9.17) is 10.7 Å². The number of carbonyl (C=O) groups excluding carboxylic acids is 1. The fraction of sp³-hybridized carbons (Fsp3) is 0.263. The van der Waals surface area contributed by atoms with Crippen molar-refractivity contribution in [2.45, 2.75) is 32.6 Å². The number of nitrogen functional groups attached to an aromatic ring is 1. The molecule has 0 unspecified atom stereocenters. The first-order valence-electron chi connectivity index (χ1n) is 8.20. The number of fused-ring (bicyclic) bond motifs is 2. The minimum absolute atomic E-state index is 0.168. The molecule has 2 heterocycles. The first-order valence-corrected chi connectivity index (χ1v) is 9.02. The summed E-state index contributed by atoms with van der Waals surface area (Å²) < 4.78 is 0. The predicted octanol–water partition coefficient (Wildman–Crippen LogP) is 4.32. The molecule has 4 rings (SSSR count). The van der Waals surface area contributed by atoms with Crippen LogP contribution in [0.3, 0.4) is 0 Å². The Balaban J connectivity index is 1.71. The summed E-state index contributed by atoms with van der Waals surface area (Å²) in [6, 6.07) is 9.88. The van der Waals surface area contributed by atoms with Crippen molar-refractivity contribution in [1.29, 1.82) is 0 Å². The summed E-state index contributed by atoms with van der Waals surface area (Å²) in [5, 5.41) is 3.85. The summed E-state index contributed by atoms with van der Waals surface area (Å²) >= 11 is 1.38. The summed E-state index contributed by atoms with van der Waals surface area (Å²) in [6.45, 7) is 2.00. The van der Waals surface area contributed by atoms with Crippen molar-refractivity contribution >= 4 is 38.8 Å². The van der Waals surface area contributed by atoms with Crippen molar-refractivity contribution in [3.05, 3.63) is 52.0 Å². The molecule has 4 nitrogen and oxygen atoms in total. The van der Waals surface area contributed by atoms with Crippen molar-refractivity contribution in [3.8, 4) is 0 Å². The van der Waals surface area contributed by atoms with Crippen LogP contribution in [0.15, 0.2) is 30.3 Å². The van der Waals surface area contributed by atoms with Gasteiger partial charge < -0.3 is 11.1 Å². The normalized spacial score (nSPS) is 13.7. The second-order valence-electron chi connectivity index (χ2n) is 6.32. The van der Waals surface area contributed by atoms with Crippen LogP contribution in [0.25, 0.3) is 10.2 Å². The van der Waals surface area contributed by atoms with Gasteiger partial charge in [-0.1, -0.05) is 12.1 Å². The van der Waals surface area contributed by atoms with Crippen LogP contribution in [-0.2, 0) is 12.8 Å². The molecule has 3 N–H and O–H groups in total. The molecule has 0 saturated heterocycles. The van der Waals surface area contributed by atoms with Crippen molar-refractivity contribution in [1.82, 2.24) is 4.98 Å². The highest BCUT2D eigenvalue weighted by Gasteiger charge is 2.20. The molecule has 24 heavy (non-hydrogen) atoms. The molecule has 1 aliphatic rings. The molecule has 1 aromatic carbocycles. The number of thiophene rings is 1. The lowest BCUT2D eigenvalue weighted by Gasteiger charge is -2.14. The van der Waals surface area contributed by atoms with Crippen LogP contribution in [0.5, 0.6) is 0 Å². The number of nitrogens with one attached hydrogen (secondary N) is 1. The largest absolute Gasteiger partial charge is 0.397 e. The van der Waals surface area contributed by atoms with Gasteiger partial charge >= 0.3 is 0 Å². The third-order valence-corrected chi connectivity index (χ3v) is 5.60. The van der Waals surface area contributed by atoms with Crippen LogP contribution >= 0.6 is 11.3 Å². The number of amides is 1. The highest BCUT2D eigenvalue weighted by Crippen LogP contribution is 2.35. The number of pyridine rings is 1. The maximum atomic E-state index is 12.6. The van der Waals surface area contributed by atoms with Crippen molar-refractivity contribution < 1.29 is 4.79 Å². The van der Waals surface area contributed by atoms with Crippen LogP contribution in [-0.4, -0.2) is 10.9 Å². The third-order valence-electron chi connectivity index (χ3n) is 4.48. The van der Waals surface area contributed by atoms with Gasteiger partial charge in [-0.15, -0.1) is 11.3 Å². The summed E-state index contributed by atoms with van der Waals surface area (Å²) in [5.74, 6) is -0.168. The molecular formula is C19H19N3OS. The molecule has 0 saturated carbocycles. The molecule has 0 bridgehead atoms. The number of nitrogens with zero attached hydrogens (tertiary/aromatic N) is 1. The molecule has 1 aliphatic carbocycles. The maximum absolute atomic E-state index is 12.6. The van der Waals surface area contributed by atoms with E-state index in [9.17, 15) is 4.79 Å². The Labute approximate surface area is 144 Å². The van der Waals surface area contributed by atoms with Crippen LogP contribution in [0, 0.1) is 6.92 Å². The highest BCUT2D eigenvalue weighted by atomic mass is 32.1. The predicted molar refractivity (Wildman–Crippen MR) is 99.8 cm³/mol. The molecular weight excluding hydrogens is 318 g/mol. The van der Waals surface area contributed by atoms with E-state index in [1.165, 1.54) is 35.4 Å². The number of carbonyl (C=O) groups is 1. The number of hydrogen-bond donors (Lipinski definition) is 2. The van der Waals surface area contributed by atoms with Gasteiger partial charge in [0.15, 0.2) is 0 Å². The molecule has 0 spiro atoms. The summed E-state index contributed by atoms with van der Waals surface area (Å²) in [6.07, 6.45) is 4.46. The van der Waals surface area contributed by atoms with Crippen LogP contribution in [0.1, 0.15) is 39.3 Å². The average Bonchev–Trinajstić information content (AvgIpc) is 2.89. The van der Waals surface area contributed by atoms with E-state index < -0.39 is 0 Å². The molecule has 0 radical (unpaired) electrons. The smallest absolute Gasteiger partial charge is 0.267 e. The van der Waals surface area contributed by atoms with Crippen molar-refractivity contribution in [2.75, 3.05) is 11.1 Å². The SMILES string of the molecule is Cc1cccc(NC(=O)c2sc3nc4c(cc3c2N)CCCC4)c1. The Kier molecular flexibility index (Phi) is 3.73. The van der Waals surface area contributed by atoms with Crippen molar-refractivity contribution in [2.24, 2.45) is 0 Å². The molecule has 0 atom stereocenters. The lowest BCUT2D eigenvalue weighted by atomic mass is 9.95. The number of hydrogen-bond acceptors (Lipinski definition) is 4. The first kappa shape index (κ1) is 15.1. The molecule has 0 aliphatic heterocycles. The van der Waals surface area contributed by atoms with Gasteiger partial charge in [-0.05, 0) is 61.9 Å². The Morgan fingerprint density at radius 1 is 1.25 bits per heavy atom. The zero-order valence-corrected chi connectivity index (χ0v) is 14.4. The quantitative estimate of drug-likeness (QED) is 0.732. The minimum atomic E-state index is -0.168. The summed E-state index contributed by atoms with van der Waals surface area (Å²) in [5.41, 5.74) is 11.1. The molecule has 2 aromatic heterocycles. The third kappa shape index (κ3) is 2.65. The lowest BCUT2D eigenvalue weighted by molar-refractivity contribution is 0.103. The molecule has 122 valence electrons. The van der Waals surface area contributed by atoms with Gasteiger partial charge in [-0.3, -0.25) is 4.79 Å². The van der Waals surface area contributed by atoms with Gasteiger partial charge in [-0.2, -0.15) is 0 Å². The topological polar surface area (TPSA) is 68.0 Å². The lowest BCUT2D eigenvalue weighted by Crippen LogP contribution is -2.12. The standard InChI is InChI=1S/C19H19N3OS/c1-11-5-4-7-13(9-11)21-18(23)17-16(20)14-10-12-6-2-3-8-15(12)22-19(14)24-17/h4-5,7,9-10H,2-3,6,8,20H2,1H3,(H,21,23). The van der Waals surface area contributed by atoms with E-state index in [0.717, 1.165) is 34.3 Å². The van der Waals surface area contributed by atoms with Crippen LogP contribution < -0.4 is 11.1 Å². The summed E-state index contributed by atoms with van der Waals surface area (Å²) in [4.78, 5) is 18.8. The van der Waals surface area contributed by atoms with Gasteiger partial charge in [0, 0.05) is 16.8 Å². The zero-order valence-electron chi connectivity index (χ0n) is 13.6. The van der Waals surface area contributed by atoms with Gasteiger partial charge in [0.2, 0.25) is 0 Å². The highest BCUT2D eigenvalue weighted by molar-refractivity contribution is 7.21. The van der Waals surface area contributed by atoms with Crippen LogP contribution in [0.2, 0.25) is 0 Å². The fourth-order valence-corrected chi connectivity index (χ4v) is 4.23. The van der Waals surface area contributed by atoms with E-state index >= 15 is 0 Å². The number of nitrogens with two attached hydrogens (primary N) is 1. The van der Waals surface area contributed by atoms with Gasteiger partial charge in [0.05, 0.1) is 5.69 Å². The molecule has 3 aromatic rings. The maximum Gasteiger partial charge on any atom is 0.267 e. The number of anilines is 2. The van der Waals surface area contributed by atoms with Crippen LogP contribution in [0.4, 0.5) is 11.4 Å². The van der Waals surface area contributed by atoms with Gasteiger partial charge in [0.25, 0.3) is 5.91 Å². The molecule has 0 fully saturated rings. The minimum Gasteiger partial charge on any atom is -0.397 e. The van der Waals surface area contributed by atoms with E-state index in [1.807, 2.05) is 31.2 Å². The molecule has 5 heteroatoms. The van der Waals surface area contributed by atoms with E-state index in [1.54, 1.807) is 0 Å². The van der Waals surface area contributed by atoms with E-state index in [-0.39, 0.29) is 5.91 Å². The monoisotopic (exact) mass is 337 g/mol. The second kappa shape index (κ2) is 5.91. The Hall–Kier alpha value is -2.40. The van der Waals surface area contributed by atoms with Gasteiger partial charge in [-0.25, -0.2) is 4.98 Å². The summed E-state index contributed by atoms with van der Waals surface area (Å²) in [7, 11) is 0. The molecule has 1 amide bonds. The number of aromatic nitrogens is 1. The van der Waals surface area contributed by atoms with Gasteiger partial charge in [0.1, 0.15) is 9.71 Å². The van der Waals surface area contributed by atoms with Crippen molar-refractivity contribution in [3.63, 3.8) is 0 Å². The first-order chi connectivity index (χ1) is 11.6. The number of aryl methyl sites for hydroxylation is 3. The number of benzene rings is 1. The Morgan fingerprint density at radius 2 is 2.08 bits per heavy atom. The zero-order chi connectivity index (χ0) is 16.7. The average molecular weight is 337 g/mol. The van der Waals surface area contributed by atoms with E-state index in [0.29, 0.717) is 10.6 Å². The Morgan fingerprint density at radius 3 is 2.92 bits per heavy atom. The fourth-order valence-electron chi connectivity index (χ4n) is 3.24. The number of rotatable bonds is 2. The Bertz CT molecular complexity index is 945. The van der Waals surface area contributed by atoms with E-state index in [2.05, 4.69) is 11.4 Å².